The summed E-state index contributed by atoms with van der Waals surface area (Å²) in [5.74, 6) is 1.38. The molecule has 0 saturated carbocycles. The summed E-state index contributed by atoms with van der Waals surface area (Å²) in [4.78, 5) is 32.2. The van der Waals surface area contributed by atoms with E-state index in [1.807, 2.05) is 24.9 Å². The molecule has 2 aromatic heterocycles. The summed E-state index contributed by atoms with van der Waals surface area (Å²) in [6.45, 7) is 7.21. The van der Waals surface area contributed by atoms with Gasteiger partial charge in [0, 0.05) is 31.2 Å². The molecule has 3 saturated heterocycles. The first-order valence-electron chi connectivity index (χ1n) is 12.5. The predicted molar refractivity (Wildman–Crippen MR) is 136 cm³/mol. The molecule has 1 atom stereocenters. The van der Waals surface area contributed by atoms with Crippen molar-refractivity contribution in [2.75, 3.05) is 55.1 Å². The molecule has 2 spiro atoms. The normalized spacial score (nSPS) is 24.1. The van der Waals surface area contributed by atoms with E-state index >= 15 is 0 Å². The SMILES string of the molecule is Cc1nc(N2CCC3(CC2)CO[C@@H](C)C3)c(CO)nc1Sc1ccnc2c1NC(=O)C1(COC1)N2C. The smallest absolute Gasteiger partial charge is 0.255 e. The monoisotopic (exact) mass is 512 g/mol. The summed E-state index contributed by atoms with van der Waals surface area (Å²) < 4.78 is 11.2. The highest BCUT2D eigenvalue weighted by Crippen LogP contribution is 2.45. The summed E-state index contributed by atoms with van der Waals surface area (Å²) in [6.07, 6.45) is 5.30. The van der Waals surface area contributed by atoms with Gasteiger partial charge in [-0.3, -0.25) is 4.79 Å². The molecule has 4 aliphatic heterocycles. The molecular formula is C25H32N6O4S. The first-order valence-corrected chi connectivity index (χ1v) is 13.3. The van der Waals surface area contributed by atoms with Crippen LogP contribution in [-0.2, 0) is 20.9 Å². The third-order valence-electron chi connectivity index (χ3n) is 8.15. The molecule has 4 aliphatic rings. The van der Waals surface area contributed by atoms with Gasteiger partial charge in [0.05, 0.1) is 43.9 Å². The van der Waals surface area contributed by atoms with E-state index in [9.17, 15) is 9.90 Å². The van der Waals surface area contributed by atoms with Gasteiger partial charge in [-0.05, 0) is 44.6 Å². The van der Waals surface area contributed by atoms with Gasteiger partial charge in [-0.15, -0.1) is 0 Å². The van der Waals surface area contributed by atoms with E-state index in [1.54, 1.807) is 6.20 Å². The summed E-state index contributed by atoms with van der Waals surface area (Å²) in [5.41, 5.74) is 1.61. The van der Waals surface area contributed by atoms with Crippen molar-refractivity contribution in [1.29, 1.82) is 0 Å². The van der Waals surface area contributed by atoms with Crippen molar-refractivity contribution in [3.05, 3.63) is 23.7 Å². The molecule has 0 unspecified atom stereocenters. The number of piperidine rings is 1. The molecule has 11 heteroatoms. The Balaban J connectivity index is 1.25. The second kappa shape index (κ2) is 8.83. The van der Waals surface area contributed by atoms with Crippen LogP contribution in [0.4, 0.5) is 17.3 Å². The second-order valence-corrected chi connectivity index (χ2v) is 11.5. The maximum atomic E-state index is 12.9. The number of carbonyl (C=O) groups is 1. The summed E-state index contributed by atoms with van der Waals surface area (Å²) in [5, 5.41) is 13.9. The van der Waals surface area contributed by atoms with Crippen LogP contribution in [-0.4, -0.2) is 77.6 Å². The lowest BCUT2D eigenvalue weighted by atomic mass is 9.77. The zero-order chi connectivity index (χ0) is 25.1. The highest BCUT2D eigenvalue weighted by Gasteiger charge is 2.53. The van der Waals surface area contributed by atoms with Crippen molar-refractivity contribution in [2.45, 2.75) is 61.3 Å². The Labute approximate surface area is 214 Å². The van der Waals surface area contributed by atoms with Crippen LogP contribution in [0, 0.1) is 12.3 Å². The van der Waals surface area contributed by atoms with Gasteiger partial charge in [0.15, 0.2) is 17.2 Å². The third kappa shape index (κ3) is 3.75. The van der Waals surface area contributed by atoms with E-state index in [-0.39, 0.29) is 17.9 Å². The lowest BCUT2D eigenvalue weighted by molar-refractivity contribution is -0.138. The number of aryl methyl sites for hydroxylation is 1. The van der Waals surface area contributed by atoms with Crippen LogP contribution in [0.3, 0.4) is 0 Å². The molecule has 2 N–H and O–H groups in total. The number of hydrogen-bond acceptors (Lipinski definition) is 10. The summed E-state index contributed by atoms with van der Waals surface area (Å²) >= 11 is 1.43. The van der Waals surface area contributed by atoms with E-state index in [0.717, 1.165) is 55.4 Å². The summed E-state index contributed by atoms with van der Waals surface area (Å²) in [6, 6.07) is 1.87. The molecule has 0 aromatic carbocycles. The number of hydrogen-bond donors (Lipinski definition) is 2. The molecule has 0 bridgehead atoms. The van der Waals surface area contributed by atoms with E-state index < -0.39 is 5.54 Å². The fourth-order valence-corrected chi connectivity index (χ4v) is 6.70. The van der Waals surface area contributed by atoms with Gasteiger partial charge >= 0.3 is 0 Å². The first-order chi connectivity index (χ1) is 17.3. The molecule has 6 heterocycles. The molecule has 6 rings (SSSR count). The lowest BCUT2D eigenvalue weighted by Gasteiger charge is -2.49. The fraction of sp³-hybridized carbons (Fsp3) is 0.600. The highest BCUT2D eigenvalue weighted by molar-refractivity contribution is 7.99. The maximum Gasteiger partial charge on any atom is 0.255 e. The first kappa shape index (κ1) is 23.9. The largest absolute Gasteiger partial charge is 0.390 e. The van der Waals surface area contributed by atoms with Gasteiger partial charge in [-0.2, -0.15) is 0 Å². The van der Waals surface area contributed by atoms with Crippen molar-refractivity contribution >= 4 is 35.0 Å². The molecule has 1 amide bonds. The molecule has 36 heavy (non-hydrogen) atoms. The van der Waals surface area contributed by atoms with Gasteiger partial charge in [-0.1, -0.05) is 11.8 Å². The van der Waals surface area contributed by atoms with Gasteiger partial charge in [0.25, 0.3) is 5.91 Å². The number of anilines is 3. The van der Waals surface area contributed by atoms with Crippen molar-refractivity contribution in [1.82, 2.24) is 15.0 Å². The Morgan fingerprint density at radius 1 is 1.22 bits per heavy atom. The van der Waals surface area contributed by atoms with Crippen LogP contribution >= 0.6 is 11.8 Å². The molecule has 2 aromatic rings. The Morgan fingerprint density at radius 2 is 2.00 bits per heavy atom. The predicted octanol–water partition coefficient (Wildman–Crippen LogP) is 2.38. The number of nitrogens with zero attached hydrogens (tertiary/aromatic N) is 5. The quantitative estimate of drug-likeness (QED) is 0.633. The van der Waals surface area contributed by atoms with Crippen molar-refractivity contribution in [2.24, 2.45) is 5.41 Å². The number of carbonyl (C=O) groups excluding carboxylic acids is 1. The topological polar surface area (TPSA) is 113 Å². The number of fused-ring (bicyclic) bond motifs is 1. The zero-order valence-corrected chi connectivity index (χ0v) is 21.7. The second-order valence-electron chi connectivity index (χ2n) is 10.5. The van der Waals surface area contributed by atoms with Crippen molar-refractivity contribution in [3.63, 3.8) is 0 Å². The number of likely N-dealkylation sites (N-methyl/N-ethyl adjacent to an activating group) is 1. The molecule has 0 aliphatic carbocycles. The number of amides is 1. The maximum absolute atomic E-state index is 12.9. The number of ether oxygens (including phenoxy) is 2. The molecule has 192 valence electrons. The van der Waals surface area contributed by atoms with E-state index in [2.05, 4.69) is 22.1 Å². The minimum atomic E-state index is -0.694. The van der Waals surface area contributed by atoms with Crippen molar-refractivity contribution < 1.29 is 19.4 Å². The number of aromatic nitrogens is 3. The Hall–Kier alpha value is -2.47. The van der Waals surface area contributed by atoms with Crippen LogP contribution in [0.15, 0.2) is 22.2 Å². The van der Waals surface area contributed by atoms with Gasteiger partial charge in [0.1, 0.15) is 10.7 Å². The Kier molecular flexibility index (Phi) is 5.86. The third-order valence-corrected chi connectivity index (χ3v) is 9.29. The van der Waals surface area contributed by atoms with Crippen LogP contribution in [0.25, 0.3) is 0 Å². The summed E-state index contributed by atoms with van der Waals surface area (Å²) in [7, 11) is 1.88. The average Bonchev–Trinajstić information content (AvgIpc) is 3.20. The average molecular weight is 513 g/mol. The Bertz CT molecular complexity index is 1200. The minimum absolute atomic E-state index is 0.0854. The van der Waals surface area contributed by atoms with Crippen LogP contribution < -0.4 is 15.1 Å². The van der Waals surface area contributed by atoms with E-state index in [0.29, 0.717) is 41.5 Å². The van der Waals surface area contributed by atoms with E-state index in [1.165, 1.54) is 11.8 Å². The van der Waals surface area contributed by atoms with E-state index in [4.69, 9.17) is 19.4 Å². The number of pyridine rings is 1. The number of rotatable bonds is 4. The molecular weight excluding hydrogens is 480 g/mol. The van der Waals surface area contributed by atoms with Crippen molar-refractivity contribution in [3.8, 4) is 0 Å². The molecule has 3 fully saturated rings. The van der Waals surface area contributed by atoms with Gasteiger partial charge < -0.3 is 29.7 Å². The Morgan fingerprint density at radius 3 is 2.64 bits per heavy atom. The number of aliphatic hydroxyl groups is 1. The zero-order valence-electron chi connectivity index (χ0n) is 20.9. The fourth-order valence-electron chi connectivity index (χ4n) is 5.77. The van der Waals surface area contributed by atoms with Crippen LogP contribution in [0.1, 0.15) is 37.6 Å². The number of nitrogens with one attached hydrogen (secondary N) is 1. The van der Waals surface area contributed by atoms with Gasteiger partial charge in [-0.25, -0.2) is 15.0 Å². The highest BCUT2D eigenvalue weighted by atomic mass is 32.2. The number of aliphatic hydroxyl groups excluding tert-OH is 1. The van der Waals surface area contributed by atoms with Crippen LogP contribution in [0.2, 0.25) is 0 Å². The lowest BCUT2D eigenvalue weighted by Crippen LogP contribution is -2.70. The minimum Gasteiger partial charge on any atom is -0.390 e. The standard InChI is InChI=1S/C25H32N6O4S/c1-15-10-24(12-35-15)5-8-31(9-6-24)20-17(11-32)28-22(16(2)27-20)36-18-4-7-26-21-19(18)29-23(33)25(30(21)3)13-34-14-25/h4,7,15,32H,5-6,8-14H2,1-3H3,(H,29,33)/t15-/m0/s1. The molecule has 10 nitrogen and oxygen atoms in total. The molecule has 0 radical (unpaired) electrons. The van der Waals surface area contributed by atoms with Crippen LogP contribution in [0.5, 0.6) is 0 Å². The van der Waals surface area contributed by atoms with Gasteiger partial charge in [0.2, 0.25) is 0 Å².